The van der Waals surface area contributed by atoms with Crippen LogP contribution in [0.15, 0.2) is 95.4 Å². The third-order valence-electron chi connectivity index (χ3n) is 7.64. The summed E-state index contributed by atoms with van der Waals surface area (Å²) >= 11 is 0. The van der Waals surface area contributed by atoms with Gasteiger partial charge in [-0.25, -0.2) is 4.98 Å². The summed E-state index contributed by atoms with van der Waals surface area (Å²) in [7, 11) is 0. The van der Waals surface area contributed by atoms with Gasteiger partial charge in [-0.05, 0) is 63.5 Å². The summed E-state index contributed by atoms with van der Waals surface area (Å²) in [5.41, 5.74) is 7.56. The van der Waals surface area contributed by atoms with Gasteiger partial charge >= 0.3 is 0 Å². The average Bonchev–Trinajstić information content (AvgIpc) is 3.42. The zero-order valence-electron chi connectivity index (χ0n) is 20.5. The molecule has 0 atom stereocenters. The first-order valence-corrected chi connectivity index (χ1v) is 12.5. The molecule has 0 amide bonds. The van der Waals surface area contributed by atoms with Crippen molar-refractivity contribution < 1.29 is 4.42 Å². The number of furan rings is 1. The molecule has 8 aromatic rings. The first-order valence-electron chi connectivity index (χ1n) is 12.5. The lowest BCUT2D eigenvalue weighted by Gasteiger charge is -2.22. The highest BCUT2D eigenvalue weighted by molar-refractivity contribution is 6.27. The van der Waals surface area contributed by atoms with Crippen molar-refractivity contribution in [2.24, 2.45) is 0 Å². The summed E-state index contributed by atoms with van der Waals surface area (Å²) in [6.45, 7) is 6.86. The van der Waals surface area contributed by atoms with Crippen LogP contribution in [0.25, 0.3) is 71.4 Å². The SMILES string of the molecule is CC(C)(C)c1cc(-c2nc3cccc4c5cccc6oc7cccc(c7c65)n2c34)cc2ccccc12. The summed E-state index contributed by atoms with van der Waals surface area (Å²) in [6.07, 6.45) is 0. The van der Waals surface area contributed by atoms with Crippen LogP contribution in [0.3, 0.4) is 0 Å². The van der Waals surface area contributed by atoms with Gasteiger partial charge in [0.15, 0.2) is 0 Å². The van der Waals surface area contributed by atoms with Crippen LogP contribution in [0.1, 0.15) is 26.3 Å². The maximum Gasteiger partial charge on any atom is 0.145 e. The fourth-order valence-electron chi connectivity index (χ4n) is 6.09. The molecule has 0 radical (unpaired) electrons. The molecule has 0 N–H and O–H groups in total. The summed E-state index contributed by atoms with van der Waals surface area (Å²) in [6, 6.07) is 32.5. The second-order valence-corrected chi connectivity index (χ2v) is 10.9. The molecular weight excluding hydrogens is 440 g/mol. The number of nitrogens with zero attached hydrogens (tertiary/aromatic N) is 2. The predicted molar refractivity (Wildman–Crippen MR) is 150 cm³/mol. The number of benzene rings is 5. The third kappa shape index (κ3) is 2.50. The van der Waals surface area contributed by atoms with E-state index < -0.39 is 0 Å². The molecule has 0 saturated carbocycles. The van der Waals surface area contributed by atoms with Gasteiger partial charge in [0, 0.05) is 16.3 Å². The maximum absolute atomic E-state index is 6.33. The molecular formula is C33H24N2O. The van der Waals surface area contributed by atoms with Gasteiger partial charge in [-0.15, -0.1) is 0 Å². The van der Waals surface area contributed by atoms with Crippen LogP contribution >= 0.6 is 0 Å². The largest absolute Gasteiger partial charge is 0.456 e. The molecule has 5 aromatic carbocycles. The Bertz CT molecular complexity index is 2140. The minimum absolute atomic E-state index is 0.00144. The number of aromatic nitrogens is 2. The number of imidazole rings is 1. The number of para-hydroxylation sites is 1. The Morgan fingerprint density at radius 2 is 1.42 bits per heavy atom. The molecule has 3 nitrogen and oxygen atoms in total. The fourth-order valence-corrected chi connectivity index (χ4v) is 6.09. The van der Waals surface area contributed by atoms with Crippen LogP contribution < -0.4 is 0 Å². The maximum atomic E-state index is 6.33. The van der Waals surface area contributed by atoms with Crippen LogP contribution in [-0.4, -0.2) is 9.38 Å². The lowest BCUT2D eigenvalue weighted by molar-refractivity contribution is 0.596. The van der Waals surface area contributed by atoms with Crippen molar-refractivity contribution in [3.8, 4) is 11.4 Å². The molecule has 3 aromatic heterocycles. The Kier molecular flexibility index (Phi) is 3.67. The Labute approximate surface area is 207 Å². The Morgan fingerprint density at radius 3 is 2.28 bits per heavy atom. The minimum Gasteiger partial charge on any atom is -0.456 e. The molecule has 0 saturated heterocycles. The van der Waals surface area contributed by atoms with Gasteiger partial charge in [0.05, 0.1) is 21.9 Å². The molecule has 0 unspecified atom stereocenters. The van der Waals surface area contributed by atoms with Crippen molar-refractivity contribution >= 4 is 60.0 Å². The fraction of sp³-hybridized carbons (Fsp3) is 0.121. The topological polar surface area (TPSA) is 30.4 Å². The van der Waals surface area contributed by atoms with Gasteiger partial charge in [-0.3, -0.25) is 4.40 Å². The van der Waals surface area contributed by atoms with Crippen molar-refractivity contribution in [3.63, 3.8) is 0 Å². The summed E-state index contributed by atoms with van der Waals surface area (Å²) in [5.74, 6) is 0.961. The van der Waals surface area contributed by atoms with E-state index in [0.717, 1.165) is 44.5 Å². The standard InChI is InChI=1S/C33H24N2O/c1-33(2,3)24-18-20(17-19-9-4-5-10-21(19)24)32-34-25-13-6-12-23-22-11-7-15-27-29(22)30-26(35(32)31(23)25)14-8-16-28(30)36-27/h4-18H,1-3H3. The third-order valence-corrected chi connectivity index (χ3v) is 7.64. The van der Waals surface area contributed by atoms with Crippen molar-refractivity contribution in [3.05, 3.63) is 96.6 Å². The Balaban J connectivity index is 1.64. The molecule has 0 bridgehead atoms. The molecule has 3 heteroatoms. The zero-order valence-corrected chi connectivity index (χ0v) is 20.5. The van der Waals surface area contributed by atoms with Gasteiger partial charge < -0.3 is 4.42 Å². The molecule has 0 aliphatic carbocycles. The van der Waals surface area contributed by atoms with Crippen molar-refractivity contribution in [2.75, 3.05) is 0 Å². The highest BCUT2D eigenvalue weighted by atomic mass is 16.3. The van der Waals surface area contributed by atoms with Crippen LogP contribution in [0.5, 0.6) is 0 Å². The van der Waals surface area contributed by atoms with E-state index in [4.69, 9.17) is 9.40 Å². The van der Waals surface area contributed by atoms with E-state index in [1.54, 1.807) is 0 Å². The van der Waals surface area contributed by atoms with Crippen molar-refractivity contribution in [2.45, 2.75) is 26.2 Å². The number of rotatable bonds is 1. The second-order valence-electron chi connectivity index (χ2n) is 10.9. The molecule has 0 fully saturated rings. The summed E-state index contributed by atoms with van der Waals surface area (Å²) in [4.78, 5) is 5.27. The van der Waals surface area contributed by atoms with E-state index in [1.165, 1.54) is 32.5 Å². The van der Waals surface area contributed by atoms with Gasteiger partial charge in [0.1, 0.15) is 17.0 Å². The summed E-state index contributed by atoms with van der Waals surface area (Å²) < 4.78 is 8.69. The van der Waals surface area contributed by atoms with Crippen LogP contribution in [0.2, 0.25) is 0 Å². The highest BCUT2D eigenvalue weighted by Gasteiger charge is 2.23. The van der Waals surface area contributed by atoms with Gasteiger partial charge in [0.25, 0.3) is 0 Å². The average molecular weight is 465 g/mol. The second kappa shape index (κ2) is 6.64. The predicted octanol–water partition coefficient (Wildman–Crippen LogP) is 9.10. The van der Waals surface area contributed by atoms with Crippen molar-refractivity contribution in [1.82, 2.24) is 9.38 Å². The molecule has 0 aliphatic rings. The van der Waals surface area contributed by atoms with Crippen LogP contribution in [-0.2, 0) is 5.41 Å². The highest BCUT2D eigenvalue weighted by Crippen LogP contribution is 2.42. The van der Waals surface area contributed by atoms with E-state index in [0.29, 0.717) is 0 Å². The normalized spacial score (nSPS) is 12.9. The molecule has 0 aliphatic heterocycles. The number of hydrogen-bond acceptors (Lipinski definition) is 2. The van der Waals surface area contributed by atoms with E-state index in [1.807, 2.05) is 0 Å². The molecule has 172 valence electrons. The lowest BCUT2D eigenvalue weighted by Crippen LogP contribution is -2.12. The molecule has 0 spiro atoms. The molecule has 8 rings (SSSR count). The van der Waals surface area contributed by atoms with Crippen LogP contribution in [0.4, 0.5) is 0 Å². The van der Waals surface area contributed by atoms with Gasteiger partial charge in [-0.2, -0.15) is 0 Å². The smallest absolute Gasteiger partial charge is 0.145 e. The van der Waals surface area contributed by atoms with E-state index >= 15 is 0 Å². The molecule has 3 heterocycles. The summed E-state index contributed by atoms with van der Waals surface area (Å²) in [5, 5.41) is 7.25. The van der Waals surface area contributed by atoms with E-state index in [9.17, 15) is 0 Å². The quantitative estimate of drug-likeness (QED) is 0.242. The molecule has 36 heavy (non-hydrogen) atoms. The first-order chi connectivity index (χ1) is 17.5. The zero-order chi connectivity index (χ0) is 24.2. The number of fused-ring (bicyclic) bond motifs is 3. The number of hydrogen-bond donors (Lipinski definition) is 0. The Morgan fingerprint density at radius 1 is 0.694 bits per heavy atom. The monoisotopic (exact) mass is 464 g/mol. The van der Waals surface area contributed by atoms with E-state index in [2.05, 4.69) is 116 Å². The lowest BCUT2D eigenvalue weighted by atomic mass is 9.82. The van der Waals surface area contributed by atoms with Crippen LogP contribution in [0, 0.1) is 0 Å². The minimum atomic E-state index is -0.00144. The van der Waals surface area contributed by atoms with Gasteiger partial charge in [-0.1, -0.05) is 75.4 Å². The Hall–Kier alpha value is -4.37. The van der Waals surface area contributed by atoms with Gasteiger partial charge in [0.2, 0.25) is 0 Å². The first kappa shape index (κ1) is 19.9. The van der Waals surface area contributed by atoms with Crippen molar-refractivity contribution in [1.29, 1.82) is 0 Å². The van der Waals surface area contributed by atoms with E-state index in [-0.39, 0.29) is 5.41 Å².